The molecule has 2 unspecified atom stereocenters. The Bertz CT molecular complexity index is 394. The Labute approximate surface area is 135 Å². The van der Waals surface area contributed by atoms with Crippen LogP contribution in [-0.4, -0.2) is 51.4 Å². The lowest BCUT2D eigenvalue weighted by molar-refractivity contribution is -0.125. The second-order valence-corrected chi connectivity index (χ2v) is 11.7. The van der Waals surface area contributed by atoms with Crippen molar-refractivity contribution < 1.29 is 13.6 Å². The average molecular weight is 356 g/mol. The fraction of sp³-hybridized carbons (Fsp3) is 0.923. The van der Waals surface area contributed by atoms with Crippen molar-refractivity contribution in [2.75, 3.05) is 32.0 Å². The molecule has 0 spiro atoms. The summed E-state index contributed by atoms with van der Waals surface area (Å²) >= 11 is 1.26. The molecular formula is C13H29N2O3PS2. The van der Waals surface area contributed by atoms with E-state index in [1.54, 1.807) is 25.0 Å². The third-order valence-electron chi connectivity index (χ3n) is 3.08. The molecule has 0 N–H and O–H groups in total. The standard InChI is InChI=1S/C13H29N2O3PS2/c1-6-8-9-10-11-13(16)15(4)19(17,20-7-2)14(3)12-21(5)18/h6-12H2,1-5H3. The number of nitrogens with zero attached hydrogens (tertiary/aromatic N) is 2. The van der Waals surface area contributed by atoms with Gasteiger partial charge in [-0.2, -0.15) is 0 Å². The summed E-state index contributed by atoms with van der Waals surface area (Å²) in [6, 6.07) is 0. The highest BCUT2D eigenvalue weighted by Crippen LogP contribution is 2.62. The number of unbranched alkanes of at least 4 members (excludes halogenated alkanes) is 3. The van der Waals surface area contributed by atoms with Crippen molar-refractivity contribution in [1.82, 2.24) is 9.34 Å². The highest BCUT2D eigenvalue weighted by atomic mass is 32.7. The summed E-state index contributed by atoms with van der Waals surface area (Å²) in [7, 11) is 2.19. The Morgan fingerprint density at radius 1 is 1.19 bits per heavy atom. The summed E-state index contributed by atoms with van der Waals surface area (Å²) in [5.74, 6) is 0.757. The van der Waals surface area contributed by atoms with Crippen molar-refractivity contribution >= 4 is 34.7 Å². The van der Waals surface area contributed by atoms with E-state index < -0.39 is 17.4 Å². The second kappa shape index (κ2) is 10.8. The van der Waals surface area contributed by atoms with Crippen molar-refractivity contribution in [3.63, 3.8) is 0 Å². The minimum absolute atomic E-state index is 0.0934. The van der Waals surface area contributed by atoms with Gasteiger partial charge in [0.05, 0.1) is 5.88 Å². The van der Waals surface area contributed by atoms with Crippen molar-refractivity contribution in [2.24, 2.45) is 0 Å². The van der Waals surface area contributed by atoms with Crippen molar-refractivity contribution in [3.8, 4) is 0 Å². The van der Waals surface area contributed by atoms with E-state index in [1.807, 2.05) is 6.92 Å². The molecule has 1 amide bonds. The number of rotatable bonds is 11. The van der Waals surface area contributed by atoms with Gasteiger partial charge in [-0.15, -0.1) is 0 Å². The first kappa shape index (κ1) is 21.2. The normalized spacial score (nSPS) is 15.7. The number of amides is 1. The van der Waals surface area contributed by atoms with Gasteiger partial charge in [0.25, 0.3) is 6.65 Å². The molecule has 0 aliphatic heterocycles. The zero-order valence-electron chi connectivity index (χ0n) is 13.8. The van der Waals surface area contributed by atoms with E-state index >= 15 is 0 Å². The number of carbonyl (C=O) groups excluding carboxylic acids is 1. The van der Waals surface area contributed by atoms with Gasteiger partial charge in [-0.3, -0.25) is 18.2 Å². The molecule has 0 heterocycles. The van der Waals surface area contributed by atoms with Gasteiger partial charge in [0.1, 0.15) is 0 Å². The zero-order chi connectivity index (χ0) is 16.5. The maximum atomic E-state index is 13.1. The fourth-order valence-electron chi connectivity index (χ4n) is 1.92. The molecule has 0 radical (unpaired) electrons. The lowest BCUT2D eigenvalue weighted by Crippen LogP contribution is -2.31. The average Bonchev–Trinajstić information content (AvgIpc) is 2.41. The van der Waals surface area contributed by atoms with Crippen LogP contribution in [0.2, 0.25) is 0 Å². The Morgan fingerprint density at radius 3 is 2.29 bits per heavy atom. The molecule has 0 rings (SSSR count). The smallest absolute Gasteiger partial charge is 0.276 e. The van der Waals surface area contributed by atoms with Crippen molar-refractivity contribution in [1.29, 1.82) is 0 Å². The van der Waals surface area contributed by atoms with E-state index in [4.69, 9.17) is 0 Å². The van der Waals surface area contributed by atoms with Crippen molar-refractivity contribution in [3.05, 3.63) is 0 Å². The van der Waals surface area contributed by atoms with E-state index in [2.05, 4.69) is 6.92 Å². The highest BCUT2D eigenvalue weighted by Gasteiger charge is 2.36. The Balaban J connectivity index is 4.79. The molecule has 2 atom stereocenters. The summed E-state index contributed by atoms with van der Waals surface area (Å²) in [4.78, 5) is 12.3. The van der Waals surface area contributed by atoms with Gasteiger partial charge < -0.3 is 0 Å². The fourth-order valence-corrected chi connectivity index (χ4v) is 7.89. The van der Waals surface area contributed by atoms with Crippen LogP contribution in [0.3, 0.4) is 0 Å². The zero-order valence-corrected chi connectivity index (χ0v) is 16.4. The van der Waals surface area contributed by atoms with E-state index in [0.29, 0.717) is 12.2 Å². The predicted octanol–water partition coefficient (Wildman–Crippen LogP) is 3.54. The lowest BCUT2D eigenvalue weighted by Gasteiger charge is -2.33. The van der Waals surface area contributed by atoms with Crippen LogP contribution >= 0.6 is 18.0 Å². The van der Waals surface area contributed by atoms with Crippen LogP contribution in [0.25, 0.3) is 0 Å². The van der Waals surface area contributed by atoms with Crippen LogP contribution in [0.5, 0.6) is 0 Å². The number of hydrogen-bond donors (Lipinski definition) is 0. The first-order valence-corrected chi connectivity index (χ1v) is 12.3. The summed E-state index contributed by atoms with van der Waals surface area (Å²) in [6.07, 6.45) is 6.09. The second-order valence-electron chi connectivity index (χ2n) is 5.00. The highest BCUT2D eigenvalue weighted by molar-refractivity contribution is 8.56. The van der Waals surface area contributed by atoms with Crippen LogP contribution in [0.15, 0.2) is 0 Å². The Morgan fingerprint density at radius 2 is 1.81 bits per heavy atom. The third-order valence-corrected chi connectivity index (χ3v) is 9.96. The first-order valence-electron chi connectivity index (χ1n) is 7.32. The van der Waals surface area contributed by atoms with Crippen molar-refractivity contribution in [2.45, 2.75) is 46.0 Å². The molecule has 5 nitrogen and oxygen atoms in total. The van der Waals surface area contributed by atoms with Gasteiger partial charge in [-0.25, -0.2) is 4.67 Å². The van der Waals surface area contributed by atoms with Crippen LogP contribution in [0.1, 0.15) is 46.0 Å². The third kappa shape index (κ3) is 7.31. The van der Waals surface area contributed by atoms with Crippen LogP contribution in [0.4, 0.5) is 0 Å². The van der Waals surface area contributed by atoms with Crippen LogP contribution < -0.4 is 0 Å². The molecule has 0 bridgehead atoms. The largest absolute Gasteiger partial charge is 0.297 e. The molecule has 0 aliphatic rings. The monoisotopic (exact) mass is 356 g/mol. The molecule has 126 valence electrons. The van der Waals surface area contributed by atoms with E-state index in [0.717, 1.165) is 25.7 Å². The van der Waals surface area contributed by atoms with Crippen LogP contribution in [0, 0.1) is 0 Å². The molecule has 0 aromatic heterocycles. The molecule has 0 saturated carbocycles. The van der Waals surface area contributed by atoms with Crippen LogP contribution in [-0.2, 0) is 20.2 Å². The molecule has 0 aliphatic carbocycles. The Kier molecular flexibility index (Phi) is 10.9. The maximum absolute atomic E-state index is 13.1. The SMILES string of the molecule is CCCCCCC(=O)N(C)P(=O)(SCC)N(C)CS(C)=O. The topological polar surface area (TPSA) is 57.7 Å². The molecule has 21 heavy (non-hydrogen) atoms. The minimum atomic E-state index is -3.03. The van der Waals surface area contributed by atoms with Gasteiger partial charge in [-0.1, -0.05) is 44.5 Å². The molecular weight excluding hydrogens is 327 g/mol. The number of carbonyl (C=O) groups is 1. The lowest BCUT2D eigenvalue weighted by atomic mass is 10.1. The Hall–Kier alpha value is 0.160. The van der Waals surface area contributed by atoms with Gasteiger partial charge in [0.15, 0.2) is 0 Å². The quantitative estimate of drug-likeness (QED) is 0.419. The summed E-state index contributed by atoms with van der Waals surface area (Å²) in [6.45, 7) is 1.01. The maximum Gasteiger partial charge on any atom is 0.297 e. The minimum Gasteiger partial charge on any atom is -0.276 e. The van der Waals surface area contributed by atoms with E-state index in [-0.39, 0.29) is 11.8 Å². The molecule has 0 fully saturated rings. The van der Waals surface area contributed by atoms with Gasteiger partial charge in [0.2, 0.25) is 5.91 Å². The van der Waals surface area contributed by atoms with Gasteiger partial charge in [0, 0.05) is 36.3 Å². The summed E-state index contributed by atoms with van der Waals surface area (Å²) in [5.41, 5.74) is 0. The van der Waals surface area contributed by atoms with Gasteiger partial charge in [-0.05, 0) is 13.5 Å². The molecule has 0 saturated heterocycles. The van der Waals surface area contributed by atoms with E-state index in [1.165, 1.54) is 16.1 Å². The number of hydrogen-bond acceptors (Lipinski definition) is 4. The summed E-state index contributed by atoms with van der Waals surface area (Å²) in [5, 5.41) is 0. The van der Waals surface area contributed by atoms with E-state index in [9.17, 15) is 13.6 Å². The molecule has 8 heteroatoms. The molecule has 0 aromatic rings. The van der Waals surface area contributed by atoms with Gasteiger partial charge >= 0.3 is 0 Å². The first-order chi connectivity index (χ1) is 9.79. The molecule has 0 aromatic carbocycles. The summed E-state index contributed by atoms with van der Waals surface area (Å²) < 4.78 is 27.5. The predicted molar refractivity (Wildman–Crippen MR) is 94.0 cm³/mol.